The highest BCUT2D eigenvalue weighted by Gasteiger charge is 2.46. The van der Waals surface area contributed by atoms with Crippen molar-refractivity contribution in [2.45, 2.75) is 19.4 Å². The summed E-state index contributed by atoms with van der Waals surface area (Å²) in [6, 6.07) is 18.9. The number of hydrogen-bond donors (Lipinski definition) is 2. The lowest BCUT2D eigenvalue weighted by Crippen LogP contribution is -2.31. The van der Waals surface area contributed by atoms with Gasteiger partial charge in [-0.25, -0.2) is 0 Å². The lowest BCUT2D eigenvalue weighted by Gasteiger charge is -2.26. The quantitative estimate of drug-likeness (QED) is 0.176. The molecule has 1 aliphatic rings. The molecule has 2 heterocycles. The van der Waals surface area contributed by atoms with Gasteiger partial charge in [-0.3, -0.25) is 9.59 Å². The van der Waals surface area contributed by atoms with Crippen molar-refractivity contribution >= 4 is 28.4 Å². The zero-order valence-electron chi connectivity index (χ0n) is 22.1. The normalized spacial score (nSPS) is 16.6. The maximum atomic E-state index is 13.4. The molecule has 0 bridgehead atoms. The molecule has 8 nitrogen and oxygen atoms in total. The third kappa shape index (κ3) is 4.81. The zero-order valence-corrected chi connectivity index (χ0v) is 22.1. The van der Waals surface area contributed by atoms with Crippen LogP contribution in [0.2, 0.25) is 0 Å². The first-order chi connectivity index (χ1) is 19.0. The van der Waals surface area contributed by atoms with E-state index < -0.39 is 17.7 Å². The number of H-pyrrole nitrogens is 1. The van der Waals surface area contributed by atoms with Crippen molar-refractivity contribution in [3.05, 3.63) is 95.2 Å². The number of aromatic amines is 1. The molecule has 4 aromatic rings. The molecule has 5 rings (SSSR count). The molecule has 2 N–H and O–H groups in total. The second kappa shape index (κ2) is 10.9. The van der Waals surface area contributed by atoms with Gasteiger partial charge >= 0.3 is 0 Å². The van der Waals surface area contributed by atoms with Gasteiger partial charge in [-0.1, -0.05) is 18.2 Å². The minimum Gasteiger partial charge on any atom is -0.507 e. The molecule has 1 aliphatic heterocycles. The van der Waals surface area contributed by atoms with E-state index in [2.05, 4.69) is 4.98 Å². The van der Waals surface area contributed by atoms with Crippen molar-refractivity contribution in [3.8, 4) is 17.2 Å². The summed E-state index contributed by atoms with van der Waals surface area (Å²) < 4.78 is 16.5. The van der Waals surface area contributed by atoms with E-state index in [9.17, 15) is 14.7 Å². The molecule has 1 aromatic heterocycles. The third-order valence-electron chi connectivity index (χ3n) is 7.01. The van der Waals surface area contributed by atoms with Crippen LogP contribution in [0.1, 0.15) is 29.7 Å². The lowest BCUT2D eigenvalue weighted by atomic mass is 9.94. The Hall–Kier alpha value is -4.72. The number of benzene rings is 3. The summed E-state index contributed by atoms with van der Waals surface area (Å²) in [7, 11) is 3.15. The van der Waals surface area contributed by atoms with Crippen molar-refractivity contribution in [2.24, 2.45) is 0 Å². The number of likely N-dealkylation sites (tertiary alicyclic amines) is 1. The second-order valence-corrected chi connectivity index (χ2v) is 9.17. The van der Waals surface area contributed by atoms with Crippen LogP contribution >= 0.6 is 0 Å². The highest BCUT2D eigenvalue weighted by molar-refractivity contribution is 6.46. The summed E-state index contributed by atoms with van der Waals surface area (Å²) in [5.74, 6) is 0.239. The molecule has 0 unspecified atom stereocenters. The summed E-state index contributed by atoms with van der Waals surface area (Å²) in [6.45, 7) is 2.64. The first-order valence-corrected chi connectivity index (χ1v) is 12.7. The van der Waals surface area contributed by atoms with Crippen molar-refractivity contribution in [1.29, 1.82) is 0 Å². The van der Waals surface area contributed by atoms with Crippen molar-refractivity contribution in [3.63, 3.8) is 0 Å². The Labute approximate surface area is 226 Å². The summed E-state index contributed by atoms with van der Waals surface area (Å²) in [5.41, 5.74) is 2.99. The van der Waals surface area contributed by atoms with Crippen molar-refractivity contribution < 1.29 is 28.9 Å². The van der Waals surface area contributed by atoms with Crippen LogP contribution in [0.5, 0.6) is 17.2 Å². The van der Waals surface area contributed by atoms with E-state index in [1.54, 1.807) is 37.4 Å². The molecule has 0 radical (unpaired) electrons. The van der Waals surface area contributed by atoms with Crippen molar-refractivity contribution in [2.75, 3.05) is 27.4 Å². The Balaban J connectivity index is 1.56. The average molecular weight is 527 g/mol. The minimum absolute atomic E-state index is 0.0225. The molecule has 39 heavy (non-hydrogen) atoms. The Morgan fingerprint density at radius 2 is 1.72 bits per heavy atom. The van der Waals surface area contributed by atoms with Gasteiger partial charge in [0.1, 0.15) is 23.0 Å². The Morgan fingerprint density at radius 3 is 2.44 bits per heavy atom. The number of aromatic nitrogens is 1. The number of fused-ring (bicyclic) bond motifs is 1. The highest BCUT2D eigenvalue weighted by Crippen LogP contribution is 2.43. The number of ether oxygens (including phenoxy) is 3. The molecule has 0 saturated carbocycles. The SMILES string of the molecule is CCOc1ccc(C(O)=C2C(=O)C(=O)N(CCc3c[nH]c4ccc(OC)cc34)[C@@H]2c2ccccc2OC)cc1. The van der Waals surface area contributed by atoms with E-state index in [1.807, 2.05) is 49.5 Å². The predicted molar refractivity (Wildman–Crippen MR) is 148 cm³/mol. The Bertz CT molecular complexity index is 1550. The van der Waals surface area contributed by atoms with Gasteiger partial charge in [0.2, 0.25) is 0 Å². The van der Waals surface area contributed by atoms with Crippen LogP contribution in [0.15, 0.2) is 78.5 Å². The molecule has 0 spiro atoms. The number of nitrogens with one attached hydrogen (secondary N) is 1. The minimum atomic E-state index is -0.826. The number of para-hydroxylation sites is 1. The van der Waals surface area contributed by atoms with Gasteiger partial charge in [-0.15, -0.1) is 0 Å². The topological polar surface area (TPSA) is 101 Å². The van der Waals surface area contributed by atoms with E-state index in [-0.39, 0.29) is 17.9 Å². The first kappa shape index (κ1) is 25.9. The number of Topliss-reactive ketones (excluding diaryl/α,β-unsaturated/α-hetero) is 1. The molecule has 1 fully saturated rings. The predicted octanol–water partition coefficient (Wildman–Crippen LogP) is 5.25. The number of rotatable bonds is 9. The summed E-state index contributed by atoms with van der Waals surface area (Å²) in [4.78, 5) is 31.6. The molecule has 1 atom stereocenters. The Kier molecular flexibility index (Phi) is 7.27. The van der Waals surface area contributed by atoms with Crippen molar-refractivity contribution in [1.82, 2.24) is 9.88 Å². The summed E-state index contributed by atoms with van der Waals surface area (Å²) >= 11 is 0. The molecule has 3 aromatic carbocycles. The number of ketones is 1. The van der Waals surface area contributed by atoms with Gasteiger partial charge < -0.3 is 29.2 Å². The molecular formula is C31H30N2O6. The average Bonchev–Trinajstić information content (AvgIpc) is 3.49. The zero-order chi connectivity index (χ0) is 27.5. The molecular weight excluding hydrogens is 496 g/mol. The van der Waals surface area contributed by atoms with Crippen LogP contribution < -0.4 is 14.2 Å². The summed E-state index contributed by atoms with van der Waals surface area (Å²) in [5, 5.41) is 12.4. The number of nitrogens with zero attached hydrogens (tertiary/aromatic N) is 1. The fourth-order valence-electron chi connectivity index (χ4n) is 5.09. The van der Waals surface area contributed by atoms with E-state index in [1.165, 1.54) is 12.0 Å². The molecule has 200 valence electrons. The van der Waals surface area contributed by atoms with Gasteiger partial charge in [0.25, 0.3) is 11.7 Å². The smallest absolute Gasteiger partial charge is 0.295 e. The molecule has 8 heteroatoms. The first-order valence-electron chi connectivity index (χ1n) is 12.7. The number of carbonyl (C=O) groups excluding carboxylic acids is 2. The number of aliphatic hydroxyl groups is 1. The van der Waals surface area contributed by atoms with E-state index in [0.717, 1.165) is 22.2 Å². The fraction of sp³-hybridized carbons (Fsp3) is 0.226. The second-order valence-electron chi connectivity index (χ2n) is 9.17. The standard InChI is InChI=1S/C31H30N2O6/c1-4-39-21-11-9-19(10-12-21)29(34)27-28(23-7-5-6-8-26(23)38-3)33(31(36)30(27)35)16-15-20-18-32-25-14-13-22(37-2)17-24(20)25/h5-14,17-18,28,32,34H,4,15-16H2,1-3H3/t28-/m1/s1. The third-order valence-corrected chi connectivity index (χ3v) is 7.01. The van der Waals surface area contributed by atoms with Gasteiger partial charge in [0, 0.05) is 34.8 Å². The lowest BCUT2D eigenvalue weighted by molar-refractivity contribution is -0.139. The van der Waals surface area contributed by atoms with E-state index >= 15 is 0 Å². The maximum Gasteiger partial charge on any atom is 0.295 e. The van der Waals surface area contributed by atoms with Gasteiger partial charge in [0.15, 0.2) is 0 Å². The van der Waals surface area contributed by atoms with Crippen LogP contribution in [0.3, 0.4) is 0 Å². The molecule has 1 saturated heterocycles. The number of methoxy groups -OCH3 is 2. The van der Waals surface area contributed by atoms with Gasteiger partial charge in [0.05, 0.1) is 32.4 Å². The number of amides is 1. The van der Waals surface area contributed by atoms with Gasteiger partial charge in [-0.2, -0.15) is 0 Å². The molecule has 0 aliphatic carbocycles. The van der Waals surface area contributed by atoms with E-state index in [0.29, 0.717) is 35.7 Å². The van der Waals surface area contributed by atoms with E-state index in [4.69, 9.17) is 14.2 Å². The van der Waals surface area contributed by atoms with Gasteiger partial charge in [-0.05, 0) is 67.4 Å². The highest BCUT2D eigenvalue weighted by atomic mass is 16.5. The summed E-state index contributed by atoms with van der Waals surface area (Å²) in [6.07, 6.45) is 2.38. The monoisotopic (exact) mass is 526 g/mol. The number of carbonyl (C=O) groups is 2. The van der Waals surface area contributed by atoms with Crippen LogP contribution in [0, 0.1) is 0 Å². The number of hydrogen-bond acceptors (Lipinski definition) is 6. The maximum absolute atomic E-state index is 13.4. The van der Waals surface area contributed by atoms with Crippen LogP contribution in [0.4, 0.5) is 0 Å². The molecule has 1 amide bonds. The fourth-order valence-corrected chi connectivity index (χ4v) is 5.09. The van der Waals surface area contributed by atoms with Crippen LogP contribution in [-0.4, -0.2) is 54.1 Å². The Morgan fingerprint density at radius 1 is 0.974 bits per heavy atom. The van der Waals surface area contributed by atoms with Crippen LogP contribution in [-0.2, 0) is 16.0 Å². The van der Waals surface area contributed by atoms with Crippen LogP contribution in [0.25, 0.3) is 16.7 Å². The number of aliphatic hydroxyl groups excluding tert-OH is 1. The largest absolute Gasteiger partial charge is 0.507 e.